The molecule has 0 spiro atoms. The second-order valence-electron chi connectivity index (χ2n) is 4.56. The molecule has 0 amide bonds. The fourth-order valence-corrected chi connectivity index (χ4v) is 2.06. The maximum Gasteiger partial charge on any atom is 0.434 e. The highest BCUT2D eigenvalue weighted by Gasteiger charge is 2.17. The van der Waals surface area contributed by atoms with Crippen molar-refractivity contribution in [3.8, 4) is 0 Å². The van der Waals surface area contributed by atoms with Gasteiger partial charge in [0.2, 0.25) is 0 Å². The summed E-state index contributed by atoms with van der Waals surface area (Å²) in [5.74, 6) is -0.195. The van der Waals surface area contributed by atoms with E-state index in [0.29, 0.717) is 12.2 Å². The van der Waals surface area contributed by atoms with Crippen LogP contribution in [-0.2, 0) is 7.05 Å². The van der Waals surface area contributed by atoms with E-state index in [4.69, 9.17) is 5.11 Å². The van der Waals surface area contributed by atoms with Crippen LogP contribution in [0.3, 0.4) is 0 Å². The van der Waals surface area contributed by atoms with Gasteiger partial charge in [0.15, 0.2) is 5.69 Å². The van der Waals surface area contributed by atoms with E-state index < -0.39 is 4.92 Å². The standard InChI is InChI=1S/C11H18N6O3/c1-14-10(8-12-11(14)17(19)20)9-13-16-4-2-15(3-5-16)6-7-18/h8-9,18H,2-7H2,1H3. The van der Waals surface area contributed by atoms with E-state index in [2.05, 4.69) is 15.0 Å². The van der Waals surface area contributed by atoms with Gasteiger partial charge in [0, 0.05) is 32.7 Å². The van der Waals surface area contributed by atoms with Gasteiger partial charge in [-0.2, -0.15) is 5.10 Å². The highest BCUT2D eigenvalue weighted by Crippen LogP contribution is 2.09. The van der Waals surface area contributed by atoms with E-state index in [9.17, 15) is 10.1 Å². The van der Waals surface area contributed by atoms with Crippen molar-refractivity contribution in [3.63, 3.8) is 0 Å². The fourth-order valence-electron chi connectivity index (χ4n) is 2.06. The normalized spacial score (nSPS) is 17.0. The zero-order valence-electron chi connectivity index (χ0n) is 11.3. The van der Waals surface area contributed by atoms with Crippen LogP contribution in [0.2, 0.25) is 0 Å². The minimum Gasteiger partial charge on any atom is -0.395 e. The number of rotatable bonds is 5. The maximum absolute atomic E-state index is 10.7. The Hall–Kier alpha value is -2.00. The topological polar surface area (TPSA) is 100 Å². The van der Waals surface area contributed by atoms with Crippen molar-refractivity contribution >= 4 is 12.2 Å². The maximum atomic E-state index is 10.7. The lowest BCUT2D eigenvalue weighted by Crippen LogP contribution is -2.45. The molecular weight excluding hydrogens is 264 g/mol. The average Bonchev–Trinajstić information content (AvgIpc) is 2.80. The van der Waals surface area contributed by atoms with Gasteiger partial charge in [0.25, 0.3) is 0 Å². The van der Waals surface area contributed by atoms with Crippen LogP contribution in [0.25, 0.3) is 0 Å². The Balaban J connectivity index is 1.92. The molecule has 9 heteroatoms. The Morgan fingerprint density at radius 1 is 1.50 bits per heavy atom. The molecule has 1 N–H and O–H groups in total. The lowest BCUT2D eigenvalue weighted by molar-refractivity contribution is -0.396. The molecule has 0 atom stereocenters. The number of β-amino-alcohol motifs (C(OH)–C–C–N with tert-alkyl or cyclic N) is 1. The van der Waals surface area contributed by atoms with Crippen molar-refractivity contribution in [1.29, 1.82) is 0 Å². The molecule has 0 aromatic carbocycles. The van der Waals surface area contributed by atoms with Crippen LogP contribution in [0.5, 0.6) is 0 Å². The lowest BCUT2D eigenvalue weighted by atomic mass is 10.3. The molecule has 0 unspecified atom stereocenters. The summed E-state index contributed by atoms with van der Waals surface area (Å²) < 4.78 is 1.39. The Morgan fingerprint density at radius 3 is 2.75 bits per heavy atom. The third kappa shape index (κ3) is 3.31. The zero-order valence-corrected chi connectivity index (χ0v) is 11.3. The SMILES string of the molecule is Cn1c(C=NN2CCN(CCO)CC2)cnc1[N+](=O)[O-]. The van der Waals surface area contributed by atoms with Gasteiger partial charge >= 0.3 is 5.95 Å². The number of nitro groups is 1. The summed E-state index contributed by atoms with van der Waals surface area (Å²) in [5, 5.41) is 25.8. The van der Waals surface area contributed by atoms with Crippen molar-refractivity contribution in [2.75, 3.05) is 39.3 Å². The van der Waals surface area contributed by atoms with E-state index in [1.165, 1.54) is 10.8 Å². The summed E-state index contributed by atoms with van der Waals surface area (Å²) in [6.07, 6.45) is 3.02. The Morgan fingerprint density at radius 2 is 2.20 bits per heavy atom. The van der Waals surface area contributed by atoms with Gasteiger partial charge in [-0.15, -0.1) is 0 Å². The van der Waals surface area contributed by atoms with Crippen molar-refractivity contribution in [1.82, 2.24) is 19.5 Å². The van der Waals surface area contributed by atoms with E-state index in [0.717, 1.165) is 26.2 Å². The molecule has 1 aliphatic rings. The van der Waals surface area contributed by atoms with Gasteiger partial charge in [-0.05, 0) is 4.92 Å². The van der Waals surface area contributed by atoms with Gasteiger partial charge in [0.05, 0.1) is 19.9 Å². The second kappa shape index (κ2) is 6.44. The largest absolute Gasteiger partial charge is 0.434 e. The first-order chi connectivity index (χ1) is 9.61. The van der Waals surface area contributed by atoms with E-state index in [1.54, 1.807) is 13.3 Å². The van der Waals surface area contributed by atoms with Crippen LogP contribution in [0.15, 0.2) is 11.3 Å². The van der Waals surface area contributed by atoms with Crippen molar-refractivity contribution in [2.24, 2.45) is 12.1 Å². The number of aliphatic hydroxyl groups is 1. The Bertz CT molecular complexity index is 492. The van der Waals surface area contributed by atoms with Crippen molar-refractivity contribution < 1.29 is 10.0 Å². The molecule has 0 bridgehead atoms. The number of aromatic nitrogens is 2. The number of hydrogen-bond donors (Lipinski definition) is 1. The molecule has 1 aromatic heterocycles. The van der Waals surface area contributed by atoms with E-state index >= 15 is 0 Å². The predicted molar refractivity (Wildman–Crippen MR) is 72.6 cm³/mol. The van der Waals surface area contributed by atoms with Crippen molar-refractivity contribution in [2.45, 2.75) is 0 Å². The van der Waals surface area contributed by atoms with Gasteiger partial charge in [-0.25, -0.2) is 4.57 Å². The summed E-state index contributed by atoms with van der Waals surface area (Å²) in [4.78, 5) is 16.1. The van der Waals surface area contributed by atoms with Crippen molar-refractivity contribution in [3.05, 3.63) is 22.0 Å². The van der Waals surface area contributed by atoms with E-state index in [1.807, 2.05) is 5.01 Å². The van der Waals surface area contributed by atoms with Gasteiger partial charge in [0.1, 0.15) is 6.20 Å². The fraction of sp³-hybridized carbons (Fsp3) is 0.636. The first kappa shape index (κ1) is 14.4. The zero-order chi connectivity index (χ0) is 14.5. The van der Waals surface area contributed by atoms with Crippen LogP contribution in [-0.4, -0.2) is 75.0 Å². The molecule has 20 heavy (non-hydrogen) atoms. The van der Waals surface area contributed by atoms with Gasteiger partial charge in [-0.3, -0.25) is 9.91 Å². The number of imidazole rings is 1. The molecule has 1 saturated heterocycles. The van der Waals surface area contributed by atoms with Crippen LogP contribution in [0.1, 0.15) is 5.69 Å². The molecule has 0 aliphatic carbocycles. The van der Waals surface area contributed by atoms with Crippen LogP contribution < -0.4 is 0 Å². The third-order valence-electron chi connectivity index (χ3n) is 3.28. The lowest BCUT2D eigenvalue weighted by Gasteiger charge is -2.32. The molecule has 1 fully saturated rings. The highest BCUT2D eigenvalue weighted by atomic mass is 16.6. The molecule has 1 aliphatic heterocycles. The second-order valence-corrected chi connectivity index (χ2v) is 4.56. The minimum atomic E-state index is -0.523. The average molecular weight is 282 g/mol. The molecule has 2 rings (SSSR count). The first-order valence-electron chi connectivity index (χ1n) is 6.40. The number of hydrogen-bond acceptors (Lipinski definition) is 7. The van der Waals surface area contributed by atoms with E-state index in [-0.39, 0.29) is 12.6 Å². The molecule has 110 valence electrons. The third-order valence-corrected chi connectivity index (χ3v) is 3.28. The molecule has 0 radical (unpaired) electrons. The smallest absolute Gasteiger partial charge is 0.395 e. The summed E-state index contributed by atoms with van der Waals surface area (Å²) >= 11 is 0. The van der Waals surface area contributed by atoms with Gasteiger partial charge < -0.3 is 15.2 Å². The number of piperazine rings is 1. The molecule has 2 heterocycles. The summed E-state index contributed by atoms with van der Waals surface area (Å²) in [6.45, 7) is 4.10. The number of nitrogens with zero attached hydrogens (tertiary/aromatic N) is 6. The quantitative estimate of drug-likeness (QED) is 0.434. The van der Waals surface area contributed by atoms with Crippen LogP contribution >= 0.6 is 0 Å². The number of aliphatic hydroxyl groups excluding tert-OH is 1. The first-order valence-corrected chi connectivity index (χ1v) is 6.40. The predicted octanol–water partition coefficient (Wildman–Crippen LogP) is -0.728. The Kier molecular flexibility index (Phi) is 4.64. The molecule has 0 saturated carbocycles. The summed E-state index contributed by atoms with van der Waals surface area (Å²) in [7, 11) is 1.59. The summed E-state index contributed by atoms with van der Waals surface area (Å²) in [5.41, 5.74) is 0.592. The highest BCUT2D eigenvalue weighted by molar-refractivity contribution is 5.77. The number of hydrazone groups is 1. The van der Waals surface area contributed by atoms with Gasteiger partial charge in [-0.1, -0.05) is 4.98 Å². The Labute approximate surface area is 116 Å². The van der Waals surface area contributed by atoms with Crippen LogP contribution in [0.4, 0.5) is 5.95 Å². The monoisotopic (exact) mass is 282 g/mol. The summed E-state index contributed by atoms with van der Waals surface area (Å²) in [6, 6.07) is 0. The minimum absolute atomic E-state index is 0.169. The van der Waals surface area contributed by atoms with Crippen LogP contribution in [0, 0.1) is 10.1 Å². The molecule has 9 nitrogen and oxygen atoms in total. The molecular formula is C11H18N6O3. The molecule has 1 aromatic rings.